The van der Waals surface area contributed by atoms with E-state index in [9.17, 15) is 9.90 Å². The summed E-state index contributed by atoms with van der Waals surface area (Å²) in [7, 11) is 1.58. The lowest BCUT2D eigenvalue weighted by atomic mass is 9.86. The van der Waals surface area contributed by atoms with Crippen LogP contribution in [0.1, 0.15) is 31.2 Å². The Bertz CT molecular complexity index is 396. The van der Waals surface area contributed by atoms with E-state index in [1.807, 2.05) is 19.1 Å². The Morgan fingerprint density at radius 3 is 2.56 bits per heavy atom. The van der Waals surface area contributed by atoms with Gasteiger partial charge in [-0.1, -0.05) is 12.1 Å². The summed E-state index contributed by atoms with van der Waals surface area (Å²) < 4.78 is 5.40. The number of hydrogen-bond acceptors (Lipinski definition) is 3. The molecule has 0 aromatic heterocycles. The molecule has 1 aliphatic carbocycles. The Morgan fingerprint density at radius 1 is 1.38 bits per heavy atom. The van der Waals surface area contributed by atoms with Crippen LogP contribution in [0.4, 0.5) is 0 Å². The Morgan fingerprint density at radius 2 is 2.00 bits per heavy atom. The highest BCUT2D eigenvalue weighted by Crippen LogP contribution is 2.42. The van der Waals surface area contributed by atoms with Crippen LogP contribution in [0.5, 0.6) is 5.75 Å². The fourth-order valence-corrected chi connectivity index (χ4v) is 2.44. The Balaban J connectivity index is 2.34. The van der Waals surface area contributed by atoms with Crippen molar-refractivity contribution >= 4 is 5.78 Å². The quantitative estimate of drug-likeness (QED) is 0.831. The number of ketones is 1. The van der Waals surface area contributed by atoms with Gasteiger partial charge in [-0.05, 0) is 31.0 Å². The third-order valence-electron chi connectivity index (χ3n) is 3.60. The van der Waals surface area contributed by atoms with E-state index in [0.717, 1.165) is 12.0 Å². The van der Waals surface area contributed by atoms with E-state index < -0.39 is 5.60 Å². The molecule has 1 aromatic rings. The molecule has 3 heteroatoms. The van der Waals surface area contributed by atoms with Crippen LogP contribution < -0.4 is 0 Å². The fraction of sp³-hybridized carbons (Fsp3) is 0.462. The van der Waals surface area contributed by atoms with E-state index in [1.54, 1.807) is 19.2 Å². The van der Waals surface area contributed by atoms with Gasteiger partial charge in [0.2, 0.25) is 0 Å². The maximum Gasteiger partial charge on any atom is 0.164 e. The van der Waals surface area contributed by atoms with Gasteiger partial charge in [0.1, 0.15) is 11.4 Å². The lowest BCUT2D eigenvalue weighted by molar-refractivity contribution is -0.136. The van der Waals surface area contributed by atoms with Crippen LogP contribution >= 0.6 is 0 Å². The normalized spacial score (nSPS) is 29.6. The number of hydrogen-bond donors (Lipinski definition) is 1. The predicted octanol–water partition coefficient (Wildman–Crippen LogP) is 2.24. The van der Waals surface area contributed by atoms with Gasteiger partial charge < -0.3 is 9.84 Å². The molecular weight excluding hydrogens is 204 g/mol. The molecule has 16 heavy (non-hydrogen) atoms. The minimum Gasteiger partial charge on any atom is -0.508 e. The van der Waals surface area contributed by atoms with Crippen molar-refractivity contribution < 1.29 is 14.6 Å². The number of ether oxygens (including phenoxy) is 1. The summed E-state index contributed by atoms with van der Waals surface area (Å²) in [6.45, 7) is 1.85. The average molecular weight is 220 g/mol. The third kappa shape index (κ3) is 1.61. The lowest BCUT2D eigenvalue weighted by Gasteiger charge is -2.28. The van der Waals surface area contributed by atoms with Gasteiger partial charge in [0, 0.05) is 19.4 Å². The van der Waals surface area contributed by atoms with Gasteiger partial charge in [-0.15, -0.1) is 0 Å². The maximum atomic E-state index is 11.8. The number of phenols is 1. The molecule has 0 spiro atoms. The van der Waals surface area contributed by atoms with Crippen LogP contribution in [0.3, 0.4) is 0 Å². The molecule has 1 saturated carbocycles. The Hall–Kier alpha value is -1.35. The zero-order chi connectivity index (χ0) is 11.8. The van der Waals surface area contributed by atoms with Gasteiger partial charge in [-0.2, -0.15) is 0 Å². The van der Waals surface area contributed by atoms with Gasteiger partial charge in [0.05, 0.1) is 0 Å². The number of phenolic OH excluding ortho intramolecular Hbond substituents is 1. The van der Waals surface area contributed by atoms with Crippen LogP contribution in [0.2, 0.25) is 0 Å². The molecule has 0 radical (unpaired) electrons. The van der Waals surface area contributed by atoms with Gasteiger partial charge >= 0.3 is 0 Å². The lowest BCUT2D eigenvalue weighted by Crippen LogP contribution is -2.37. The van der Waals surface area contributed by atoms with Crippen molar-refractivity contribution in [3.05, 3.63) is 29.8 Å². The minimum absolute atomic E-state index is 0.0885. The highest BCUT2D eigenvalue weighted by molar-refractivity contribution is 5.90. The summed E-state index contributed by atoms with van der Waals surface area (Å²) in [4.78, 5) is 11.8. The van der Waals surface area contributed by atoms with E-state index in [2.05, 4.69) is 0 Å². The van der Waals surface area contributed by atoms with Gasteiger partial charge in [0.25, 0.3) is 0 Å². The number of rotatable bonds is 2. The van der Waals surface area contributed by atoms with Crippen molar-refractivity contribution in [2.75, 3.05) is 7.11 Å². The number of carbonyl (C=O) groups is 1. The third-order valence-corrected chi connectivity index (χ3v) is 3.60. The first-order valence-electron chi connectivity index (χ1n) is 5.45. The van der Waals surface area contributed by atoms with Crippen molar-refractivity contribution in [2.45, 2.75) is 31.3 Å². The molecule has 0 saturated heterocycles. The molecule has 2 atom stereocenters. The molecule has 1 aliphatic rings. The number of benzene rings is 1. The van der Waals surface area contributed by atoms with Crippen LogP contribution in [-0.4, -0.2) is 23.6 Å². The zero-order valence-electron chi connectivity index (χ0n) is 9.56. The van der Waals surface area contributed by atoms with Crippen molar-refractivity contribution in [1.29, 1.82) is 0 Å². The largest absolute Gasteiger partial charge is 0.508 e. The Kier molecular flexibility index (Phi) is 2.72. The molecule has 0 aliphatic heterocycles. The number of aromatic hydroxyl groups is 1. The molecule has 1 N–H and O–H groups in total. The van der Waals surface area contributed by atoms with Crippen LogP contribution in [-0.2, 0) is 9.53 Å². The molecule has 2 rings (SSSR count). The maximum absolute atomic E-state index is 11.8. The average Bonchev–Trinajstić information content (AvgIpc) is 2.58. The molecule has 0 unspecified atom stereocenters. The summed E-state index contributed by atoms with van der Waals surface area (Å²) >= 11 is 0. The summed E-state index contributed by atoms with van der Waals surface area (Å²) in [6.07, 6.45) is 1.38. The van der Waals surface area contributed by atoms with Crippen LogP contribution in [0.25, 0.3) is 0 Å². The number of Topliss-reactive ketones (excluding diaryl/α,β-unsaturated/α-hetero) is 1. The zero-order valence-corrected chi connectivity index (χ0v) is 9.56. The topological polar surface area (TPSA) is 46.5 Å². The number of carbonyl (C=O) groups excluding carboxylic acids is 1. The van der Waals surface area contributed by atoms with E-state index in [1.165, 1.54) is 0 Å². The second kappa shape index (κ2) is 3.91. The SMILES string of the molecule is CO[C@@]1(C)C(=O)CC[C@@H]1c1ccc(O)cc1. The summed E-state index contributed by atoms with van der Waals surface area (Å²) in [5.74, 6) is 0.492. The van der Waals surface area contributed by atoms with Crippen LogP contribution in [0.15, 0.2) is 24.3 Å². The number of methoxy groups -OCH3 is 1. The van der Waals surface area contributed by atoms with E-state index in [0.29, 0.717) is 6.42 Å². The second-order valence-corrected chi connectivity index (χ2v) is 4.42. The van der Waals surface area contributed by atoms with E-state index in [-0.39, 0.29) is 17.5 Å². The minimum atomic E-state index is -0.711. The molecule has 3 nitrogen and oxygen atoms in total. The molecule has 0 heterocycles. The molecule has 86 valence electrons. The van der Waals surface area contributed by atoms with Gasteiger partial charge in [-0.3, -0.25) is 4.79 Å². The van der Waals surface area contributed by atoms with Crippen molar-refractivity contribution in [3.8, 4) is 5.75 Å². The predicted molar refractivity (Wildman–Crippen MR) is 60.5 cm³/mol. The first-order chi connectivity index (χ1) is 7.58. The van der Waals surface area contributed by atoms with Crippen molar-refractivity contribution in [2.24, 2.45) is 0 Å². The molecular formula is C13H16O3. The monoisotopic (exact) mass is 220 g/mol. The van der Waals surface area contributed by atoms with Gasteiger partial charge in [-0.25, -0.2) is 0 Å². The van der Waals surface area contributed by atoms with E-state index in [4.69, 9.17) is 4.74 Å². The summed E-state index contributed by atoms with van der Waals surface area (Å²) in [5, 5.41) is 9.24. The summed E-state index contributed by atoms with van der Waals surface area (Å²) in [5.41, 5.74) is 0.338. The van der Waals surface area contributed by atoms with E-state index >= 15 is 0 Å². The Labute approximate surface area is 95.0 Å². The first-order valence-corrected chi connectivity index (χ1v) is 5.45. The molecule has 0 bridgehead atoms. The van der Waals surface area contributed by atoms with Crippen molar-refractivity contribution in [1.82, 2.24) is 0 Å². The second-order valence-electron chi connectivity index (χ2n) is 4.42. The molecule has 0 amide bonds. The molecule has 1 fully saturated rings. The highest BCUT2D eigenvalue weighted by atomic mass is 16.5. The highest BCUT2D eigenvalue weighted by Gasteiger charge is 2.46. The first kappa shape index (κ1) is 11.1. The fourth-order valence-electron chi connectivity index (χ4n) is 2.44. The molecule has 1 aromatic carbocycles. The summed E-state index contributed by atoms with van der Waals surface area (Å²) in [6, 6.07) is 7.01. The van der Waals surface area contributed by atoms with Crippen molar-refractivity contribution in [3.63, 3.8) is 0 Å². The van der Waals surface area contributed by atoms with Gasteiger partial charge in [0.15, 0.2) is 5.78 Å². The van der Waals surface area contributed by atoms with Crippen LogP contribution in [0, 0.1) is 0 Å². The smallest absolute Gasteiger partial charge is 0.164 e. The standard InChI is InChI=1S/C13H16O3/c1-13(16-2)11(7-8-12(13)15)9-3-5-10(14)6-4-9/h3-6,11,14H,7-8H2,1-2H3/t11-,13-/m1/s1.